The molecule has 0 bridgehead atoms. The molecule has 2 unspecified atom stereocenters. The summed E-state index contributed by atoms with van der Waals surface area (Å²) in [6.45, 7) is 3.85. The molecule has 2 atom stereocenters. The minimum Gasteiger partial charge on any atom is -0.481 e. The fourth-order valence-corrected chi connectivity index (χ4v) is 2.59. The van der Waals surface area contributed by atoms with Crippen LogP contribution in [0.4, 0.5) is 0 Å². The Hall–Kier alpha value is -0.610. The Balaban J connectivity index is 2.01. The van der Waals surface area contributed by atoms with Crippen LogP contribution in [0.5, 0.6) is 0 Å². The molecule has 2 N–H and O–H groups in total. The predicted octanol–water partition coefficient (Wildman–Crippen LogP) is 0.145. The highest BCUT2D eigenvalue weighted by molar-refractivity contribution is 5.71. The molecule has 0 aliphatic carbocycles. The van der Waals surface area contributed by atoms with Crippen LogP contribution in [0.25, 0.3) is 0 Å². The van der Waals surface area contributed by atoms with Crippen molar-refractivity contribution in [1.82, 2.24) is 10.2 Å². The molecule has 2 fully saturated rings. The van der Waals surface area contributed by atoms with Gasteiger partial charge < -0.3 is 10.4 Å². The molecular formula is C10H18N2O2. The van der Waals surface area contributed by atoms with Gasteiger partial charge in [-0.15, -0.1) is 0 Å². The van der Waals surface area contributed by atoms with Gasteiger partial charge in [-0.2, -0.15) is 0 Å². The lowest BCUT2D eigenvalue weighted by Gasteiger charge is -2.35. The van der Waals surface area contributed by atoms with Gasteiger partial charge in [0.2, 0.25) is 0 Å². The van der Waals surface area contributed by atoms with Gasteiger partial charge in [-0.25, -0.2) is 0 Å². The summed E-state index contributed by atoms with van der Waals surface area (Å²) in [5, 5.41) is 12.4. The third-order valence-corrected chi connectivity index (χ3v) is 3.38. The van der Waals surface area contributed by atoms with Crippen LogP contribution in [0.15, 0.2) is 0 Å². The number of aliphatic carboxylic acids is 1. The lowest BCUT2D eigenvalue weighted by Crippen LogP contribution is -2.52. The van der Waals surface area contributed by atoms with Crippen molar-refractivity contribution in [3.8, 4) is 0 Å². The molecule has 2 heterocycles. The first-order chi connectivity index (χ1) is 6.79. The quantitative estimate of drug-likeness (QED) is 0.663. The van der Waals surface area contributed by atoms with Crippen LogP contribution in [0.3, 0.4) is 0 Å². The van der Waals surface area contributed by atoms with Gasteiger partial charge in [0.05, 0.1) is 5.92 Å². The van der Waals surface area contributed by atoms with Gasteiger partial charge in [-0.05, 0) is 38.9 Å². The number of hydrogen-bond donors (Lipinski definition) is 2. The van der Waals surface area contributed by atoms with E-state index in [0.717, 1.165) is 32.6 Å². The van der Waals surface area contributed by atoms with E-state index in [1.54, 1.807) is 0 Å². The van der Waals surface area contributed by atoms with Crippen LogP contribution < -0.4 is 5.32 Å². The summed E-state index contributed by atoms with van der Waals surface area (Å²) >= 11 is 0. The van der Waals surface area contributed by atoms with Gasteiger partial charge in [0.1, 0.15) is 0 Å². The van der Waals surface area contributed by atoms with Crippen molar-refractivity contribution in [1.29, 1.82) is 0 Å². The topological polar surface area (TPSA) is 52.6 Å². The summed E-state index contributed by atoms with van der Waals surface area (Å²) in [4.78, 5) is 13.4. The summed E-state index contributed by atoms with van der Waals surface area (Å²) < 4.78 is 0. The second kappa shape index (κ2) is 4.28. The fraction of sp³-hybridized carbons (Fsp3) is 0.900. The second-order valence-electron chi connectivity index (χ2n) is 4.25. The zero-order chi connectivity index (χ0) is 9.97. The molecule has 2 aliphatic rings. The highest BCUT2D eigenvalue weighted by Gasteiger charge is 2.35. The Morgan fingerprint density at radius 1 is 1.36 bits per heavy atom. The predicted molar refractivity (Wildman–Crippen MR) is 53.2 cm³/mol. The van der Waals surface area contributed by atoms with Crippen molar-refractivity contribution in [2.24, 2.45) is 5.92 Å². The van der Waals surface area contributed by atoms with E-state index in [9.17, 15) is 4.79 Å². The molecule has 0 amide bonds. The number of nitrogens with zero attached hydrogens (tertiary/aromatic N) is 1. The number of rotatable bonds is 2. The number of carboxylic acids is 1. The van der Waals surface area contributed by atoms with E-state index in [0.29, 0.717) is 0 Å². The Labute approximate surface area is 84.3 Å². The van der Waals surface area contributed by atoms with Gasteiger partial charge >= 0.3 is 5.97 Å². The Morgan fingerprint density at radius 2 is 2.07 bits per heavy atom. The number of likely N-dealkylation sites (tertiary alicyclic amines) is 1. The van der Waals surface area contributed by atoms with E-state index in [2.05, 4.69) is 10.2 Å². The van der Waals surface area contributed by atoms with Crippen molar-refractivity contribution in [2.75, 3.05) is 26.2 Å². The molecular weight excluding hydrogens is 180 g/mol. The normalized spacial score (nSPS) is 34.6. The highest BCUT2D eigenvalue weighted by Crippen LogP contribution is 2.22. The van der Waals surface area contributed by atoms with Gasteiger partial charge in [0.25, 0.3) is 0 Å². The minimum atomic E-state index is -0.622. The lowest BCUT2D eigenvalue weighted by molar-refractivity contribution is -0.145. The maximum absolute atomic E-state index is 11.1. The molecule has 14 heavy (non-hydrogen) atoms. The number of carboxylic acid groups (broad SMARTS) is 1. The summed E-state index contributed by atoms with van der Waals surface area (Å²) in [5.74, 6) is -0.780. The van der Waals surface area contributed by atoms with Crippen LogP contribution in [0, 0.1) is 5.92 Å². The monoisotopic (exact) mass is 198 g/mol. The van der Waals surface area contributed by atoms with E-state index < -0.39 is 5.97 Å². The SMILES string of the molecule is O=C(O)C1CCNCC1N1CCCC1. The molecule has 80 valence electrons. The van der Waals surface area contributed by atoms with E-state index in [1.165, 1.54) is 12.8 Å². The second-order valence-corrected chi connectivity index (χ2v) is 4.25. The van der Waals surface area contributed by atoms with Crippen molar-refractivity contribution in [3.63, 3.8) is 0 Å². The molecule has 0 radical (unpaired) electrons. The fourth-order valence-electron chi connectivity index (χ4n) is 2.59. The number of carbonyl (C=O) groups is 1. The standard InChI is InChI=1S/C10H18N2O2/c13-10(14)8-3-4-11-7-9(8)12-5-1-2-6-12/h8-9,11H,1-7H2,(H,13,14). The van der Waals surface area contributed by atoms with Crippen LogP contribution in [0.2, 0.25) is 0 Å². The van der Waals surface area contributed by atoms with Crippen molar-refractivity contribution in [2.45, 2.75) is 25.3 Å². The molecule has 0 aromatic heterocycles. The number of piperidine rings is 1. The summed E-state index contributed by atoms with van der Waals surface area (Å²) in [7, 11) is 0. The minimum absolute atomic E-state index is 0.158. The molecule has 2 aliphatic heterocycles. The highest BCUT2D eigenvalue weighted by atomic mass is 16.4. The van der Waals surface area contributed by atoms with E-state index in [-0.39, 0.29) is 12.0 Å². The average Bonchev–Trinajstić information content (AvgIpc) is 2.70. The summed E-state index contributed by atoms with van der Waals surface area (Å²) in [6.07, 6.45) is 3.22. The van der Waals surface area contributed by atoms with Crippen LogP contribution in [-0.2, 0) is 4.79 Å². The Bertz CT molecular complexity index is 214. The number of nitrogens with one attached hydrogen (secondary N) is 1. The third kappa shape index (κ3) is 1.91. The molecule has 4 nitrogen and oxygen atoms in total. The van der Waals surface area contributed by atoms with Gasteiger partial charge in [0, 0.05) is 12.6 Å². The summed E-state index contributed by atoms with van der Waals surface area (Å²) in [5.41, 5.74) is 0. The third-order valence-electron chi connectivity index (χ3n) is 3.38. The van der Waals surface area contributed by atoms with Crippen molar-refractivity contribution in [3.05, 3.63) is 0 Å². The van der Waals surface area contributed by atoms with E-state index in [4.69, 9.17) is 5.11 Å². The van der Waals surface area contributed by atoms with Gasteiger partial charge in [-0.3, -0.25) is 9.69 Å². The average molecular weight is 198 g/mol. The zero-order valence-electron chi connectivity index (χ0n) is 8.41. The van der Waals surface area contributed by atoms with Crippen LogP contribution >= 0.6 is 0 Å². The molecule has 0 aromatic rings. The van der Waals surface area contributed by atoms with Crippen LogP contribution in [0.1, 0.15) is 19.3 Å². The van der Waals surface area contributed by atoms with E-state index in [1.807, 2.05) is 0 Å². The van der Waals surface area contributed by atoms with E-state index >= 15 is 0 Å². The molecule has 0 spiro atoms. The van der Waals surface area contributed by atoms with Crippen molar-refractivity contribution >= 4 is 5.97 Å². The van der Waals surface area contributed by atoms with Gasteiger partial charge in [-0.1, -0.05) is 0 Å². The maximum Gasteiger partial charge on any atom is 0.308 e. The van der Waals surface area contributed by atoms with Crippen molar-refractivity contribution < 1.29 is 9.90 Å². The van der Waals surface area contributed by atoms with Gasteiger partial charge in [0.15, 0.2) is 0 Å². The Kier molecular flexibility index (Phi) is 3.03. The Morgan fingerprint density at radius 3 is 2.71 bits per heavy atom. The first-order valence-corrected chi connectivity index (χ1v) is 5.46. The molecule has 2 saturated heterocycles. The molecule has 4 heteroatoms. The largest absolute Gasteiger partial charge is 0.481 e. The van der Waals surface area contributed by atoms with Crippen LogP contribution in [-0.4, -0.2) is 48.2 Å². The first-order valence-electron chi connectivity index (χ1n) is 5.46. The molecule has 0 saturated carbocycles. The smallest absolute Gasteiger partial charge is 0.308 e. The lowest BCUT2D eigenvalue weighted by atomic mass is 9.92. The number of hydrogen-bond acceptors (Lipinski definition) is 3. The summed E-state index contributed by atoms with van der Waals surface area (Å²) in [6, 6.07) is 0.226. The molecule has 2 rings (SSSR count). The maximum atomic E-state index is 11.1. The zero-order valence-corrected chi connectivity index (χ0v) is 8.41. The molecule has 0 aromatic carbocycles. The first kappa shape index (κ1) is 9.93.